The van der Waals surface area contributed by atoms with Crippen molar-refractivity contribution in [2.45, 2.75) is 19.2 Å². The first-order valence-electron chi connectivity index (χ1n) is 8.77. The van der Waals surface area contributed by atoms with Gasteiger partial charge < -0.3 is 14.6 Å². The van der Waals surface area contributed by atoms with Crippen LogP contribution in [0.15, 0.2) is 78.9 Å². The lowest BCUT2D eigenvalue weighted by Crippen LogP contribution is -2.32. The van der Waals surface area contributed by atoms with Gasteiger partial charge in [0.1, 0.15) is 12.6 Å². The number of aliphatic hydroxyl groups is 1. The number of hydrogen-bond donors (Lipinski definition) is 1. The Hall–Kier alpha value is -3.12. The van der Waals surface area contributed by atoms with E-state index in [2.05, 4.69) is 0 Å². The molecule has 5 heteroatoms. The Morgan fingerprint density at radius 2 is 1.11 bits per heavy atom. The third kappa shape index (κ3) is 4.98. The molecule has 0 saturated heterocycles. The Morgan fingerprint density at radius 3 is 1.50 bits per heavy atom. The van der Waals surface area contributed by atoms with Gasteiger partial charge in [-0.3, -0.25) is 9.59 Å². The van der Waals surface area contributed by atoms with E-state index in [-0.39, 0.29) is 13.2 Å². The smallest absolute Gasteiger partial charge is 0.310 e. The molecule has 0 atom stereocenters. The first-order valence-corrected chi connectivity index (χ1v) is 8.77. The van der Waals surface area contributed by atoms with Gasteiger partial charge in [0, 0.05) is 16.7 Å². The van der Waals surface area contributed by atoms with Crippen molar-refractivity contribution >= 4 is 12.6 Å². The molecule has 3 aromatic rings. The van der Waals surface area contributed by atoms with Gasteiger partial charge in [0.15, 0.2) is 0 Å². The van der Waals surface area contributed by atoms with E-state index in [0.717, 1.165) is 23.7 Å². The normalized spacial score (nSPS) is 11.2. The third-order valence-electron chi connectivity index (χ3n) is 4.24. The van der Waals surface area contributed by atoms with Crippen molar-refractivity contribution in [3.63, 3.8) is 0 Å². The van der Waals surface area contributed by atoms with Crippen molar-refractivity contribution in [1.82, 2.24) is 0 Å². The topological polar surface area (TPSA) is 72.8 Å². The van der Waals surface area contributed by atoms with Crippen LogP contribution >= 0.6 is 0 Å². The fourth-order valence-electron chi connectivity index (χ4n) is 2.60. The molecule has 0 amide bonds. The Kier molecular flexibility index (Phi) is 6.45. The molecule has 1 N–H and O–H groups in total. The van der Waals surface area contributed by atoms with Crippen molar-refractivity contribution in [2.75, 3.05) is 0 Å². The summed E-state index contributed by atoms with van der Waals surface area (Å²) in [5.41, 5.74) is 3.18. The maximum atomic E-state index is 11.0. The minimum absolute atomic E-state index is 0.0919. The van der Waals surface area contributed by atoms with E-state index < -0.39 is 5.97 Å². The highest BCUT2D eigenvalue weighted by Gasteiger charge is 2.32. The number of hydrogen-bond acceptors (Lipinski definition) is 5. The van der Waals surface area contributed by atoms with Crippen LogP contribution < -0.4 is 0 Å². The zero-order valence-corrected chi connectivity index (χ0v) is 15.2. The summed E-state index contributed by atoms with van der Waals surface area (Å²) in [6, 6.07) is 22.6. The van der Waals surface area contributed by atoms with Crippen LogP contribution in [0.2, 0.25) is 0 Å². The highest BCUT2D eigenvalue weighted by molar-refractivity contribution is 5.75. The number of rotatable bonds is 9. The van der Waals surface area contributed by atoms with Crippen LogP contribution in [0.25, 0.3) is 0 Å². The second kappa shape index (κ2) is 9.19. The second-order valence-corrected chi connectivity index (χ2v) is 6.24. The number of ether oxygens (including phenoxy) is 2. The van der Waals surface area contributed by atoms with Crippen LogP contribution in [0, 0.1) is 0 Å². The van der Waals surface area contributed by atoms with Crippen LogP contribution in [0.4, 0.5) is 0 Å². The van der Waals surface area contributed by atoms with E-state index in [1.54, 1.807) is 72.8 Å². The molecule has 0 bridgehead atoms. The van der Waals surface area contributed by atoms with Gasteiger partial charge in [-0.1, -0.05) is 78.9 Å². The average molecular weight is 376 g/mol. The van der Waals surface area contributed by atoms with Crippen LogP contribution in [-0.2, 0) is 28.7 Å². The number of carbonyl (C=O) groups excluding carboxylic acids is 2. The number of benzene rings is 3. The molecule has 0 aromatic heterocycles. The van der Waals surface area contributed by atoms with Crippen LogP contribution in [0.3, 0.4) is 0 Å². The second-order valence-electron chi connectivity index (χ2n) is 6.24. The van der Waals surface area contributed by atoms with E-state index >= 15 is 0 Å². The van der Waals surface area contributed by atoms with Crippen molar-refractivity contribution in [2.24, 2.45) is 0 Å². The molecule has 0 aliphatic carbocycles. The lowest BCUT2D eigenvalue weighted by molar-refractivity contribution is -0.383. The van der Waals surface area contributed by atoms with Gasteiger partial charge in [-0.15, -0.1) is 0 Å². The van der Waals surface area contributed by atoms with E-state index in [0.29, 0.717) is 16.7 Å². The zero-order chi connectivity index (χ0) is 19.8. The summed E-state index contributed by atoms with van der Waals surface area (Å²) < 4.78 is 11.5. The molecule has 0 spiro atoms. The van der Waals surface area contributed by atoms with Gasteiger partial charge in [-0.05, 0) is 11.1 Å². The summed E-state index contributed by atoms with van der Waals surface area (Å²) in [7, 11) is 0. The molecule has 0 aliphatic heterocycles. The zero-order valence-electron chi connectivity index (χ0n) is 15.2. The molecule has 142 valence electrons. The van der Waals surface area contributed by atoms with Gasteiger partial charge >= 0.3 is 5.97 Å². The van der Waals surface area contributed by atoms with Gasteiger partial charge in [-0.25, -0.2) is 0 Å². The minimum atomic E-state index is -1.95. The summed E-state index contributed by atoms with van der Waals surface area (Å²) in [6.45, 7) is 0.184. The fraction of sp³-hybridized carbons (Fsp3) is 0.130. The molecule has 0 unspecified atom stereocenters. The summed E-state index contributed by atoms with van der Waals surface area (Å²) in [4.78, 5) is 21.5. The first kappa shape index (κ1) is 19.6. The lowest BCUT2D eigenvalue weighted by Gasteiger charge is -2.28. The number of carbonyl (C=O) groups is 2. The van der Waals surface area contributed by atoms with Gasteiger partial charge in [-0.2, -0.15) is 0 Å². The molecule has 3 aromatic carbocycles. The quantitative estimate of drug-likeness (QED) is 0.454. The Bertz CT molecular complexity index is 846. The fourth-order valence-corrected chi connectivity index (χ4v) is 2.60. The van der Waals surface area contributed by atoms with Crippen molar-refractivity contribution in [1.29, 1.82) is 0 Å². The highest BCUT2D eigenvalue weighted by Crippen LogP contribution is 2.27. The van der Waals surface area contributed by atoms with Crippen molar-refractivity contribution < 1.29 is 24.2 Å². The van der Waals surface area contributed by atoms with Crippen LogP contribution in [0.5, 0.6) is 0 Å². The van der Waals surface area contributed by atoms with Crippen molar-refractivity contribution in [3.05, 3.63) is 107 Å². The van der Waals surface area contributed by atoms with Crippen LogP contribution in [0.1, 0.15) is 37.4 Å². The largest absolute Gasteiger partial charge is 0.339 e. The Morgan fingerprint density at radius 1 is 0.679 bits per heavy atom. The standard InChI is InChI=1S/C23H20O5/c24-14-18-6-10-20(11-7-18)16-27-23(26,22-4-2-1-3-5-22)28-17-21-12-8-19(15-25)9-13-21/h1-15,26H,16-17H2. The van der Waals surface area contributed by atoms with Crippen LogP contribution in [-0.4, -0.2) is 17.7 Å². The Balaban J connectivity index is 1.74. The first-order chi connectivity index (χ1) is 13.6. The summed E-state index contributed by atoms with van der Waals surface area (Å²) in [5.74, 6) is -1.95. The molecule has 0 aliphatic rings. The predicted octanol–water partition coefficient (Wildman–Crippen LogP) is 3.85. The maximum Gasteiger partial charge on any atom is 0.310 e. The molecule has 28 heavy (non-hydrogen) atoms. The molecule has 5 nitrogen and oxygen atoms in total. The summed E-state index contributed by atoms with van der Waals surface area (Å²) in [6.07, 6.45) is 1.54. The maximum absolute atomic E-state index is 11.0. The van der Waals surface area contributed by atoms with E-state index in [1.807, 2.05) is 6.07 Å². The SMILES string of the molecule is O=Cc1ccc(COC(O)(OCc2ccc(C=O)cc2)c2ccccc2)cc1. The molecule has 0 fully saturated rings. The molecule has 0 heterocycles. The monoisotopic (exact) mass is 376 g/mol. The van der Waals surface area contributed by atoms with Gasteiger partial charge in [0.05, 0.1) is 13.2 Å². The lowest BCUT2D eigenvalue weighted by atomic mass is 10.1. The molecule has 0 saturated carbocycles. The Labute approximate surface area is 163 Å². The van der Waals surface area contributed by atoms with Gasteiger partial charge in [0.2, 0.25) is 0 Å². The molecule has 0 radical (unpaired) electrons. The summed E-state index contributed by atoms with van der Waals surface area (Å²) in [5, 5.41) is 11.0. The average Bonchev–Trinajstić information content (AvgIpc) is 2.77. The highest BCUT2D eigenvalue weighted by atomic mass is 16.8. The predicted molar refractivity (Wildman–Crippen MR) is 104 cm³/mol. The van der Waals surface area contributed by atoms with E-state index in [9.17, 15) is 14.7 Å². The van der Waals surface area contributed by atoms with Gasteiger partial charge in [0.25, 0.3) is 0 Å². The summed E-state index contributed by atoms with van der Waals surface area (Å²) >= 11 is 0. The van der Waals surface area contributed by atoms with Crippen molar-refractivity contribution in [3.8, 4) is 0 Å². The minimum Gasteiger partial charge on any atom is -0.339 e. The number of aldehydes is 2. The van der Waals surface area contributed by atoms with E-state index in [1.165, 1.54) is 0 Å². The van der Waals surface area contributed by atoms with E-state index in [4.69, 9.17) is 9.47 Å². The molecular weight excluding hydrogens is 356 g/mol. The molecular formula is C23H20O5. The third-order valence-corrected chi connectivity index (χ3v) is 4.24. The molecule has 3 rings (SSSR count).